The Morgan fingerprint density at radius 2 is 1.69 bits per heavy atom. The van der Waals surface area contributed by atoms with Gasteiger partial charge in [0.1, 0.15) is 0 Å². The average molecular weight is 532 g/mol. The van der Waals surface area contributed by atoms with Crippen LogP contribution in [-0.4, -0.2) is 32.0 Å². The molecule has 1 fully saturated rings. The highest BCUT2D eigenvalue weighted by molar-refractivity contribution is 7.80. The number of nitrogens with one attached hydrogen (secondary N) is 2. The number of carbonyl (C=O) groups excluding carboxylic acids is 1. The minimum Gasteiger partial charge on any atom is -0.352 e. The van der Waals surface area contributed by atoms with E-state index in [-0.39, 0.29) is 18.0 Å². The van der Waals surface area contributed by atoms with Crippen LogP contribution in [0, 0.1) is 6.92 Å². The third-order valence-electron chi connectivity index (χ3n) is 7.26. The van der Waals surface area contributed by atoms with E-state index in [9.17, 15) is 4.79 Å². The zero-order valence-corrected chi connectivity index (χ0v) is 22.4. The lowest BCUT2D eigenvalue weighted by atomic mass is 10.0. The fourth-order valence-electron chi connectivity index (χ4n) is 5.46. The first kappa shape index (κ1) is 24.8. The highest BCUT2D eigenvalue weighted by Crippen LogP contribution is 2.40. The number of fused-ring (bicyclic) bond motifs is 1. The van der Waals surface area contributed by atoms with Gasteiger partial charge in [0.05, 0.1) is 17.8 Å². The summed E-state index contributed by atoms with van der Waals surface area (Å²) in [6.07, 6.45) is 2.10. The van der Waals surface area contributed by atoms with Crippen LogP contribution in [0.1, 0.15) is 35.6 Å². The number of carbonyl (C=O) groups is 1. The van der Waals surface area contributed by atoms with Crippen LogP contribution in [0.2, 0.25) is 0 Å². The predicted molar refractivity (Wildman–Crippen MR) is 160 cm³/mol. The summed E-state index contributed by atoms with van der Waals surface area (Å²) in [5.74, 6) is -0.0520. The Morgan fingerprint density at radius 3 is 2.51 bits per heavy atom. The van der Waals surface area contributed by atoms with Gasteiger partial charge in [-0.2, -0.15) is 0 Å². The van der Waals surface area contributed by atoms with Gasteiger partial charge >= 0.3 is 0 Å². The van der Waals surface area contributed by atoms with Crippen LogP contribution in [0.4, 0.5) is 5.69 Å². The molecule has 1 aliphatic heterocycles. The van der Waals surface area contributed by atoms with Gasteiger partial charge < -0.3 is 20.1 Å². The molecule has 3 aromatic carbocycles. The van der Waals surface area contributed by atoms with E-state index in [0.717, 1.165) is 39.2 Å². The molecule has 2 N–H and O–H groups in total. The summed E-state index contributed by atoms with van der Waals surface area (Å²) in [4.78, 5) is 20.0. The standard InChI is InChI=1S/C32H29N5OS/c1-22-17-18-28(37(22)24-12-3-2-4-13-24)31-30(27-15-7-8-20-33-27)35-32(39)36(31)21-19-29(38)34-26-16-9-11-23-10-5-6-14-25(23)26/h2-18,20,30-31H,19,21H2,1H3,(H,34,38)(H,35,39)/t30-,31+/m1/s1. The molecule has 39 heavy (non-hydrogen) atoms. The van der Waals surface area contributed by atoms with Gasteiger partial charge in [0.2, 0.25) is 5.91 Å². The fourth-order valence-corrected chi connectivity index (χ4v) is 5.79. The number of para-hydroxylation sites is 1. The number of thiocarbonyl (C=S) groups is 1. The van der Waals surface area contributed by atoms with Crippen LogP contribution in [0.5, 0.6) is 0 Å². The summed E-state index contributed by atoms with van der Waals surface area (Å²) < 4.78 is 2.26. The van der Waals surface area contributed by atoms with Crippen molar-refractivity contribution in [2.75, 3.05) is 11.9 Å². The maximum atomic E-state index is 13.2. The van der Waals surface area contributed by atoms with E-state index >= 15 is 0 Å². The maximum absolute atomic E-state index is 13.2. The van der Waals surface area contributed by atoms with Crippen LogP contribution in [0.15, 0.2) is 109 Å². The summed E-state index contributed by atoms with van der Waals surface area (Å²) in [7, 11) is 0. The third-order valence-corrected chi connectivity index (χ3v) is 7.62. The summed E-state index contributed by atoms with van der Waals surface area (Å²) in [5, 5.41) is 9.35. The SMILES string of the molecule is Cc1ccc([C@H]2[C@@H](c3ccccn3)NC(=S)N2CCC(=O)Nc2cccc3ccccc23)n1-c1ccccc1. The Bertz CT molecular complexity index is 1630. The Hall–Kier alpha value is -4.49. The summed E-state index contributed by atoms with van der Waals surface area (Å²) >= 11 is 5.85. The van der Waals surface area contributed by atoms with Crippen molar-refractivity contribution in [3.63, 3.8) is 0 Å². The molecular weight excluding hydrogens is 502 g/mol. The quantitative estimate of drug-likeness (QED) is 0.240. The lowest BCUT2D eigenvalue weighted by Gasteiger charge is -2.29. The van der Waals surface area contributed by atoms with Crippen molar-refractivity contribution in [2.45, 2.75) is 25.4 Å². The van der Waals surface area contributed by atoms with Gasteiger partial charge in [0, 0.05) is 47.3 Å². The lowest BCUT2D eigenvalue weighted by Crippen LogP contribution is -2.33. The smallest absolute Gasteiger partial charge is 0.226 e. The van der Waals surface area contributed by atoms with Crippen molar-refractivity contribution in [1.29, 1.82) is 0 Å². The fraction of sp³-hybridized carbons (Fsp3) is 0.156. The Morgan fingerprint density at radius 1 is 0.923 bits per heavy atom. The monoisotopic (exact) mass is 531 g/mol. The highest BCUT2D eigenvalue weighted by atomic mass is 32.1. The van der Waals surface area contributed by atoms with Gasteiger partial charge in [-0.15, -0.1) is 0 Å². The number of aryl methyl sites for hydroxylation is 1. The van der Waals surface area contributed by atoms with Crippen molar-refractivity contribution < 1.29 is 4.79 Å². The minimum absolute atomic E-state index is 0.0520. The van der Waals surface area contributed by atoms with Gasteiger partial charge in [-0.25, -0.2) is 0 Å². The molecule has 194 valence electrons. The van der Waals surface area contributed by atoms with E-state index in [2.05, 4.69) is 56.3 Å². The van der Waals surface area contributed by atoms with Crippen LogP contribution in [0.3, 0.4) is 0 Å². The van der Waals surface area contributed by atoms with E-state index in [1.807, 2.05) is 78.9 Å². The number of hydrogen-bond donors (Lipinski definition) is 2. The molecule has 6 rings (SSSR count). The molecule has 7 heteroatoms. The molecule has 0 saturated carbocycles. The molecule has 2 aromatic heterocycles. The Kier molecular flexibility index (Phi) is 6.82. The molecule has 1 amide bonds. The van der Waals surface area contributed by atoms with Gasteiger partial charge in [0.15, 0.2) is 5.11 Å². The maximum Gasteiger partial charge on any atom is 0.226 e. The Balaban J connectivity index is 1.30. The number of amides is 1. The molecule has 2 atom stereocenters. The predicted octanol–water partition coefficient (Wildman–Crippen LogP) is 6.34. The van der Waals surface area contributed by atoms with Crippen molar-refractivity contribution >= 4 is 39.7 Å². The molecular formula is C32H29N5OS. The number of anilines is 1. The molecule has 0 bridgehead atoms. The van der Waals surface area contributed by atoms with Gasteiger partial charge in [0.25, 0.3) is 0 Å². The topological polar surface area (TPSA) is 62.2 Å². The van der Waals surface area contributed by atoms with E-state index in [1.54, 1.807) is 6.20 Å². The first-order valence-electron chi connectivity index (χ1n) is 13.1. The molecule has 0 radical (unpaired) electrons. The number of hydrogen-bond acceptors (Lipinski definition) is 3. The van der Waals surface area contributed by atoms with Crippen molar-refractivity contribution in [3.05, 3.63) is 126 Å². The van der Waals surface area contributed by atoms with Gasteiger partial charge in [-0.1, -0.05) is 60.7 Å². The molecule has 1 saturated heterocycles. The molecule has 0 spiro atoms. The van der Waals surface area contributed by atoms with Gasteiger partial charge in [-0.3, -0.25) is 9.78 Å². The molecule has 0 aliphatic carbocycles. The van der Waals surface area contributed by atoms with E-state index < -0.39 is 0 Å². The zero-order chi connectivity index (χ0) is 26.8. The van der Waals surface area contributed by atoms with Crippen molar-refractivity contribution in [3.8, 4) is 5.69 Å². The molecule has 6 nitrogen and oxygen atoms in total. The summed E-state index contributed by atoms with van der Waals surface area (Å²) in [6, 6.07) is 34.2. The van der Waals surface area contributed by atoms with Crippen molar-refractivity contribution in [1.82, 2.24) is 19.8 Å². The number of aromatic nitrogens is 2. The largest absolute Gasteiger partial charge is 0.352 e. The zero-order valence-electron chi connectivity index (χ0n) is 21.6. The number of pyridine rings is 1. The normalized spacial score (nSPS) is 16.8. The second kappa shape index (κ2) is 10.7. The number of benzene rings is 3. The summed E-state index contributed by atoms with van der Waals surface area (Å²) in [5.41, 5.74) is 5.03. The van der Waals surface area contributed by atoms with E-state index in [4.69, 9.17) is 12.2 Å². The molecule has 3 heterocycles. The van der Waals surface area contributed by atoms with Crippen LogP contribution in [-0.2, 0) is 4.79 Å². The molecule has 1 aliphatic rings. The number of rotatable bonds is 7. The van der Waals surface area contributed by atoms with Crippen LogP contribution < -0.4 is 10.6 Å². The van der Waals surface area contributed by atoms with Crippen molar-refractivity contribution in [2.24, 2.45) is 0 Å². The number of nitrogens with zero attached hydrogens (tertiary/aromatic N) is 3. The molecule has 0 unspecified atom stereocenters. The van der Waals surface area contributed by atoms with Gasteiger partial charge in [-0.05, 0) is 67.0 Å². The van der Waals surface area contributed by atoms with E-state index in [0.29, 0.717) is 18.1 Å². The first-order chi connectivity index (χ1) is 19.1. The first-order valence-corrected chi connectivity index (χ1v) is 13.5. The average Bonchev–Trinajstić information content (AvgIpc) is 3.51. The second-order valence-electron chi connectivity index (χ2n) is 9.72. The lowest BCUT2D eigenvalue weighted by molar-refractivity contribution is -0.116. The minimum atomic E-state index is -0.156. The highest BCUT2D eigenvalue weighted by Gasteiger charge is 2.41. The molecule has 5 aromatic rings. The Labute approximate surface area is 233 Å². The second-order valence-corrected chi connectivity index (χ2v) is 10.1. The van der Waals surface area contributed by atoms with Crippen LogP contribution in [0.25, 0.3) is 16.5 Å². The van der Waals surface area contributed by atoms with E-state index in [1.165, 1.54) is 0 Å². The van der Waals surface area contributed by atoms with Crippen LogP contribution >= 0.6 is 12.2 Å². The summed E-state index contributed by atoms with van der Waals surface area (Å²) in [6.45, 7) is 2.57. The third kappa shape index (κ3) is 4.89.